The molecule has 4 atom stereocenters. The summed E-state index contributed by atoms with van der Waals surface area (Å²) in [6, 6.07) is 9.23. The van der Waals surface area contributed by atoms with E-state index in [4.69, 9.17) is 15.4 Å². The molecule has 0 bridgehead atoms. The largest absolute Gasteiger partial charge is 0.350 e. The van der Waals surface area contributed by atoms with E-state index < -0.39 is 44.5 Å². The molecule has 1 saturated heterocycles. The number of ether oxygens (including phenoxy) is 1. The fraction of sp³-hybridized carbons (Fsp3) is 0.630. The van der Waals surface area contributed by atoms with Gasteiger partial charge in [-0.2, -0.15) is 0 Å². The third kappa shape index (κ3) is 8.63. The smallest absolute Gasteiger partial charge is 0.249 e. The van der Waals surface area contributed by atoms with Crippen LogP contribution in [0.4, 0.5) is 0 Å². The van der Waals surface area contributed by atoms with E-state index in [1.54, 1.807) is 12.2 Å². The van der Waals surface area contributed by atoms with E-state index in [-0.39, 0.29) is 24.7 Å². The Bertz CT molecular complexity index is 1010. The molecule has 10 heteroatoms. The van der Waals surface area contributed by atoms with Crippen molar-refractivity contribution in [3.05, 3.63) is 42.0 Å². The lowest BCUT2D eigenvalue weighted by Gasteiger charge is -2.41. The molecule has 0 spiro atoms. The van der Waals surface area contributed by atoms with Crippen LogP contribution in [0.5, 0.6) is 0 Å². The van der Waals surface area contributed by atoms with Crippen molar-refractivity contribution < 1.29 is 27.6 Å². The number of nitrogens with two attached hydrogens (primary N) is 1. The average Bonchev–Trinajstić information content (AvgIpc) is 2.85. The van der Waals surface area contributed by atoms with Gasteiger partial charge in [0, 0.05) is 19.3 Å². The van der Waals surface area contributed by atoms with Gasteiger partial charge in [0.25, 0.3) is 0 Å². The van der Waals surface area contributed by atoms with E-state index in [9.17, 15) is 18.0 Å². The third-order valence-electron chi connectivity index (χ3n) is 6.62. The second-order valence-electron chi connectivity index (χ2n) is 10.7. The lowest BCUT2D eigenvalue weighted by atomic mass is 9.72. The minimum Gasteiger partial charge on any atom is -0.350 e. The number of hydroxylamine groups is 1. The van der Waals surface area contributed by atoms with Gasteiger partial charge in [-0.25, -0.2) is 24.6 Å². The number of sulfone groups is 1. The number of rotatable bonds is 13. The van der Waals surface area contributed by atoms with Crippen LogP contribution in [0.15, 0.2) is 36.4 Å². The highest BCUT2D eigenvalue weighted by Crippen LogP contribution is 2.42. The maximum Gasteiger partial charge on any atom is 0.249 e. The molecule has 2 rings (SSSR count). The summed E-state index contributed by atoms with van der Waals surface area (Å²) in [5.41, 5.74) is 5.38. The monoisotopic (exact) mass is 537 g/mol. The molecular weight excluding hydrogens is 494 g/mol. The molecule has 0 saturated carbocycles. The topological polar surface area (TPSA) is 137 Å². The minimum atomic E-state index is -3.96. The van der Waals surface area contributed by atoms with Crippen LogP contribution in [-0.4, -0.2) is 44.1 Å². The SMILES string of the molecule is CC(C)C[C@@H](C(=O)NN)[C@@H](C(=O)NOC1CCCCO1)C(/C=C\c1ccccc1)(CC(C)C)S(C)(=O)=O. The van der Waals surface area contributed by atoms with Gasteiger partial charge in [0.2, 0.25) is 11.8 Å². The van der Waals surface area contributed by atoms with Crippen molar-refractivity contribution >= 4 is 27.7 Å². The average molecular weight is 538 g/mol. The van der Waals surface area contributed by atoms with Crippen LogP contribution in [0.2, 0.25) is 0 Å². The molecular formula is C27H43N3O6S. The number of nitrogens with one attached hydrogen (secondary N) is 2. The van der Waals surface area contributed by atoms with Gasteiger partial charge in [-0.05, 0) is 43.1 Å². The molecule has 0 aliphatic carbocycles. The molecule has 1 heterocycles. The summed E-state index contributed by atoms with van der Waals surface area (Å²) in [6.45, 7) is 8.09. The minimum absolute atomic E-state index is 0.0189. The number of hydrazine groups is 1. The summed E-state index contributed by atoms with van der Waals surface area (Å²) in [7, 11) is -3.96. The standard InChI is InChI=1S/C27H43N3O6S/c1-19(2)17-22(25(31)29-28)24(26(32)30-36-23-13-9-10-16-35-23)27(18-20(3)4,37(5,33)34)15-14-21-11-7-6-8-12-21/h6-8,11-12,14-15,19-20,22-24H,9-10,13,16-18,28H2,1-5H3,(H,29,31)(H,30,32)/b15-14-/t22-,23?,24+,27?/m1/s1. The number of benzene rings is 1. The van der Waals surface area contributed by atoms with Gasteiger partial charge in [-0.3, -0.25) is 15.0 Å². The van der Waals surface area contributed by atoms with Crippen molar-refractivity contribution in [2.75, 3.05) is 12.9 Å². The predicted molar refractivity (Wildman–Crippen MR) is 144 cm³/mol. The molecule has 37 heavy (non-hydrogen) atoms. The van der Waals surface area contributed by atoms with Crippen molar-refractivity contribution in [1.29, 1.82) is 0 Å². The Labute approximate surface area is 221 Å². The van der Waals surface area contributed by atoms with Crippen LogP contribution >= 0.6 is 0 Å². The number of carbonyl (C=O) groups is 2. The van der Waals surface area contributed by atoms with E-state index in [0.717, 1.165) is 24.7 Å². The quantitative estimate of drug-likeness (QED) is 0.199. The molecule has 1 aliphatic rings. The van der Waals surface area contributed by atoms with Crippen molar-refractivity contribution in [3.8, 4) is 0 Å². The first kappa shape index (κ1) is 31.0. The van der Waals surface area contributed by atoms with E-state index in [0.29, 0.717) is 13.0 Å². The number of carbonyl (C=O) groups excluding carboxylic acids is 2. The van der Waals surface area contributed by atoms with Gasteiger partial charge >= 0.3 is 0 Å². The zero-order valence-electron chi connectivity index (χ0n) is 22.6. The summed E-state index contributed by atoms with van der Waals surface area (Å²) in [4.78, 5) is 32.6. The van der Waals surface area contributed by atoms with Crippen LogP contribution in [0.1, 0.15) is 65.4 Å². The molecule has 1 aromatic rings. The first-order valence-electron chi connectivity index (χ1n) is 12.9. The lowest BCUT2D eigenvalue weighted by molar-refractivity contribution is -0.203. The third-order valence-corrected chi connectivity index (χ3v) is 8.56. The Morgan fingerprint density at radius 1 is 1.14 bits per heavy atom. The lowest BCUT2D eigenvalue weighted by Crippen LogP contribution is -2.58. The summed E-state index contributed by atoms with van der Waals surface area (Å²) >= 11 is 0. The zero-order chi connectivity index (χ0) is 27.6. The number of hydrogen-bond acceptors (Lipinski definition) is 7. The van der Waals surface area contributed by atoms with E-state index in [1.807, 2.05) is 58.0 Å². The number of amides is 2. The second-order valence-corrected chi connectivity index (χ2v) is 13.0. The normalized spacial score (nSPS) is 19.9. The van der Waals surface area contributed by atoms with Gasteiger partial charge in [0.1, 0.15) is 4.75 Å². The molecule has 2 unspecified atom stereocenters. The molecule has 1 fully saturated rings. The van der Waals surface area contributed by atoms with Gasteiger partial charge in [-0.1, -0.05) is 70.2 Å². The maximum atomic E-state index is 13.9. The molecule has 2 amide bonds. The van der Waals surface area contributed by atoms with Crippen molar-refractivity contribution in [2.45, 2.75) is 70.8 Å². The highest BCUT2D eigenvalue weighted by atomic mass is 32.2. The van der Waals surface area contributed by atoms with E-state index >= 15 is 0 Å². The first-order chi connectivity index (χ1) is 17.4. The van der Waals surface area contributed by atoms with Gasteiger partial charge in [-0.15, -0.1) is 0 Å². The van der Waals surface area contributed by atoms with Crippen LogP contribution in [0, 0.1) is 23.7 Å². The Kier molecular flexibility index (Phi) is 11.7. The highest BCUT2D eigenvalue weighted by Gasteiger charge is 2.54. The molecule has 1 aliphatic heterocycles. The van der Waals surface area contributed by atoms with Crippen LogP contribution in [0.3, 0.4) is 0 Å². The second kappa shape index (κ2) is 14.0. The van der Waals surface area contributed by atoms with Crippen LogP contribution in [0.25, 0.3) is 6.08 Å². The molecule has 0 radical (unpaired) electrons. The molecule has 4 N–H and O–H groups in total. The molecule has 0 aromatic heterocycles. The van der Waals surface area contributed by atoms with Gasteiger partial charge in [0.05, 0.1) is 11.8 Å². The maximum absolute atomic E-state index is 13.9. The first-order valence-corrected chi connectivity index (χ1v) is 14.8. The van der Waals surface area contributed by atoms with E-state index in [1.165, 1.54) is 0 Å². The Morgan fingerprint density at radius 3 is 2.32 bits per heavy atom. The fourth-order valence-corrected chi connectivity index (χ4v) is 6.67. The van der Waals surface area contributed by atoms with Crippen LogP contribution in [-0.2, 0) is 29.0 Å². The summed E-state index contributed by atoms with van der Waals surface area (Å²) < 4.78 is 31.2. The molecule has 208 valence electrons. The summed E-state index contributed by atoms with van der Waals surface area (Å²) in [6.07, 6.45) is 6.48. The Hall–Kier alpha value is -2.27. The van der Waals surface area contributed by atoms with E-state index in [2.05, 4.69) is 10.9 Å². The number of hydrogen-bond donors (Lipinski definition) is 3. The van der Waals surface area contributed by atoms with Gasteiger partial charge < -0.3 is 4.74 Å². The predicted octanol–water partition coefficient (Wildman–Crippen LogP) is 3.37. The van der Waals surface area contributed by atoms with Gasteiger partial charge in [0.15, 0.2) is 16.1 Å². The Balaban J connectivity index is 2.69. The van der Waals surface area contributed by atoms with Crippen molar-refractivity contribution in [3.63, 3.8) is 0 Å². The summed E-state index contributed by atoms with van der Waals surface area (Å²) in [5, 5.41) is 0. The van der Waals surface area contributed by atoms with Crippen molar-refractivity contribution in [2.24, 2.45) is 29.5 Å². The molecule has 9 nitrogen and oxygen atoms in total. The fourth-order valence-electron chi connectivity index (χ4n) is 4.99. The summed E-state index contributed by atoms with van der Waals surface area (Å²) in [5.74, 6) is 1.75. The molecule has 1 aromatic carbocycles. The highest BCUT2D eigenvalue weighted by molar-refractivity contribution is 7.92. The Morgan fingerprint density at radius 2 is 1.81 bits per heavy atom. The zero-order valence-corrected chi connectivity index (χ0v) is 23.4. The van der Waals surface area contributed by atoms with Crippen molar-refractivity contribution in [1.82, 2.24) is 10.9 Å². The van der Waals surface area contributed by atoms with Crippen LogP contribution < -0.4 is 16.7 Å².